The Morgan fingerprint density at radius 1 is 1.45 bits per heavy atom. The molecule has 0 aliphatic heterocycles. The van der Waals surface area contributed by atoms with Gasteiger partial charge >= 0.3 is 0 Å². The minimum absolute atomic E-state index is 0.286. The average molecular weight is 290 g/mol. The fraction of sp³-hybridized carbons (Fsp3) is 0.467. The highest BCUT2D eigenvalue weighted by Gasteiger charge is 2.16. The molecule has 0 spiro atoms. The number of hydrogen-bond acceptors (Lipinski definition) is 5. The number of anilines is 1. The van der Waals surface area contributed by atoms with Crippen LogP contribution in [0.1, 0.15) is 36.0 Å². The Morgan fingerprint density at radius 3 is 2.85 bits per heavy atom. The molecule has 1 N–H and O–H groups in total. The summed E-state index contributed by atoms with van der Waals surface area (Å²) in [4.78, 5) is 12.6. The first-order valence-electron chi connectivity index (χ1n) is 6.93. The zero-order chi connectivity index (χ0) is 14.5. The van der Waals surface area contributed by atoms with Gasteiger partial charge in [-0.2, -0.15) is 0 Å². The molecular weight excluding hydrogens is 268 g/mol. The lowest BCUT2D eigenvalue weighted by Gasteiger charge is -2.24. The first-order chi connectivity index (χ1) is 9.63. The highest BCUT2D eigenvalue weighted by atomic mass is 32.1. The Kier molecular flexibility index (Phi) is 5.09. The third-order valence-electron chi connectivity index (χ3n) is 3.49. The Balaban J connectivity index is 2.14. The van der Waals surface area contributed by atoms with Crippen molar-refractivity contribution in [3.8, 4) is 0 Å². The number of hydrogen-bond donors (Lipinski definition) is 1. The van der Waals surface area contributed by atoms with Gasteiger partial charge in [0.1, 0.15) is 0 Å². The molecule has 1 atom stereocenters. The van der Waals surface area contributed by atoms with Crippen molar-refractivity contribution in [1.82, 2.24) is 15.3 Å². The van der Waals surface area contributed by atoms with Crippen LogP contribution in [0.5, 0.6) is 0 Å². The molecule has 0 amide bonds. The third kappa shape index (κ3) is 3.35. The van der Waals surface area contributed by atoms with Crippen LogP contribution in [-0.4, -0.2) is 23.6 Å². The largest absolute Gasteiger partial charge is 0.336 e. The Hall–Kier alpha value is -1.46. The van der Waals surface area contributed by atoms with Gasteiger partial charge in [0.25, 0.3) is 0 Å². The van der Waals surface area contributed by atoms with E-state index in [1.807, 2.05) is 20.2 Å². The number of nitrogens with one attached hydrogen (secondary N) is 1. The van der Waals surface area contributed by atoms with E-state index < -0.39 is 0 Å². The van der Waals surface area contributed by atoms with E-state index in [9.17, 15) is 0 Å². The molecule has 2 aromatic rings. The van der Waals surface area contributed by atoms with Crippen LogP contribution in [0.3, 0.4) is 0 Å². The maximum atomic E-state index is 4.64. The van der Waals surface area contributed by atoms with Gasteiger partial charge < -0.3 is 10.2 Å². The molecule has 108 valence electrons. The van der Waals surface area contributed by atoms with Crippen molar-refractivity contribution >= 4 is 17.3 Å². The molecule has 4 nitrogen and oxygen atoms in total. The molecule has 1 unspecified atom stereocenters. The second kappa shape index (κ2) is 6.81. The molecule has 0 saturated carbocycles. The van der Waals surface area contributed by atoms with E-state index in [1.54, 1.807) is 11.3 Å². The molecule has 2 heterocycles. The van der Waals surface area contributed by atoms with Crippen LogP contribution in [0.15, 0.2) is 23.7 Å². The highest BCUT2D eigenvalue weighted by Crippen LogP contribution is 2.26. The smallest absolute Gasteiger partial charge is 0.225 e. The fourth-order valence-corrected chi connectivity index (χ4v) is 2.80. The molecule has 0 bridgehead atoms. The summed E-state index contributed by atoms with van der Waals surface area (Å²) in [7, 11) is 2.04. The Bertz CT molecular complexity index is 539. The molecule has 5 heteroatoms. The first kappa shape index (κ1) is 14.9. The average Bonchev–Trinajstić information content (AvgIpc) is 2.98. The van der Waals surface area contributed by atoms with Crippen molar-refractivity contribution in [3.05, 3.63) is 39.8 Å². The molecule has 2 rings (SSSR count). The second-order valence-corrected chi connectivity index (χ2v) is 5.84. The molecular formula is C15H22N4S. The first-order valence-corrected chi connectivity index (χ1v) is 7.81. The van der Waals surface area contributed by atoms with Gasteiger partial charge in [-0.25, -0.2) is 9.97 Å². The number of aromatic nitrogens is 2. The van der Waals surface area contributed by atoms with Crippen LogP contribution in [0, 0.1) is 6.92 Å². The van der Waals surface area contributed by atoms with Gasteiger partial charge in [-0.1, -0.05) is 13.0 Å². The van der Waals surface area contributed by atoms with E-state index >= 15 is 0 Å². The van der Waals surface area contributed by atoms with E-state index in [1.165, 1.54) is 4.88 Å². The summed E-state index contributed by atoms with van der Waals surface area (Å²) in [5.41, 5.74) is 2.20. The summed E-state index contributed by atoms with van der Waals surface area (Å²) in [6.45, 7) is 8.10. The summed E-state index contributed by atoms with van der Waals surface area (Å²) >= 11 is 1.77. The van der Waals surface area contributed by atoms with Crippen molar-refractivity contribution in [2.24, 2.45) is 0 Å². The summed E-state index contributed by atoms with van der Waals surface area (Å²) in [6, 6.07) is 4.52. The van der Waals surface area contributed by atoms with Crippen molar-refractivity contribution < 1.29 is 0 Å². The lowest BCUT2D eigenvalue weighted by atomic mass is 10.2. The molecule has 0 aromatic carbocycles. The summed E-state index contributed by atoms with van der Waals surface area (Å²) < 4.78 is 0. The zero-order valence-electron chi connectivity index (χ0n) is 12.6. The topological polar surface area (TPSA) is 41.1 Å². The van der Waals surface area contributed by atoms with Crippen molar-refractivity contribution in [2.45, 2.75) is 33.4 Å². The molecule has 0 aliphatic rings. The number of aryl methyl sites for hydroxylation is 1. The Labute approximate surface area is 124 Å². The predicted molar refractivity (Wildman–Crippen MR) is 85.3 cm³/mol. The fourth-order valence-electron chi connectivity index (χ4n) is 1.98. The van der Waals surface area contributed by atoms with Crippen LogP contribution >= 0.6 is 11.3 Å². The monoisotopic (exact) mass is 290 g/mol. The minimum atomic E-state index is 0.286. The van der Waals surface area contributed by atoms with Crippen LogP contribution in [0.25, 0.3) is 0 Å². The van der Waals surface area contributed by atoms with Gasteiger partial charge in [-0.05, 0) is 31.8 Å². The van der Waals surface area contributed by atoms with Gasteiger partial charge in [0.15, 0.2) is 0 Å². The molecule has 0 saturated heterocycles. The molecule has 0 fully saturated rings. The molecule has 2 aromatic heterocycles. The molecule has 0 radical (unpaired) electrons. The van der Waals surface area contributed by atoms with Crippen molar-refractivity contribution in [2.75, 3.05) is 18.5 Å². The Morgan fingerprint density at radius 2 is 2.25 bits per heavy atom. The number of rotatable bonds is 6. The normalized spacial score (nSPS) is 12.4. The van der Waals surface area contributed by atoms with Crippen LogP contribution in [0.2, 0.25) is 0 Å². The predicted octanol–water partition coefficient (Wildman–Crippen LogP) is 3.15. The summed E-state index contributed by atoms with van der Waals surface area (Å²) in [5.74, 6) is 0.781. The van der Waals surface area contributed by atoms with Gasteiger partial charge in [0, 0.05) is 35.9 Å². The van der Waals surface area contributed by atoms with Gasteiger partial charge in [-0.3, -0.25) is 0 Å². The third-order valence-corrected chi connectivity index (χ3v) is 4.53. The van der Waals surface area contributed by atoms with Gasteiger partial charge in [-0.15, -0.1) is 11.3 Å². The van der Waals surface area contributed by atoms with E-state index in [-0.39, 0.29) is 6.04 Å². The van der Waals surface area contributed by atoms with E-state index in [0.29, 0.717) is 0 Å². The maximum Gasteiger partial charge on any atom is 0.225 e. The number of nitrogens with zero attached hydrogens (tertiary/aromatic N) is 3. The highest BCUT2D eigenvalue weighted by molar-refractivity contribution is 7.10. The summed E-state index contributed by atoms with van der Waals surface area (Å²) in [6.07, 6.45) is 1.93. The molecule has 20 heavy (non-hydrogen) atoms. The van der Waals surface area contributed by atoms with Crippen molar-refractivity contribution in [1.29, 1.82) is 0 Å². The van der Waals surface area contributed by atoms with E-state index in [0.717, 1.165) is 30.3 Å². The van der Waals surface area contributed by atoms with Gasteiger partial charge in [0.05, 0.1) is 6.04 Å². The molecule has 0 aliphatic carbocycles. The lowest BCUT2D eigenvalue weighted by Crippen LogP contribution is -2.24. The van der Waals surface area contributed by atoms with E-state index in [2.05, 4.69) is 51.5 Å². The van der Waals surface area contributed by atoms with Crippen LogP contribution in [-0.2, 0) is 6.54 Å². The SMILES string of the molecule is CCNCc1cnc(N(C)C(C)c2cccs2)nc1C. The summed E-state index contributed by atoms with van der Waals surface area (Å²) in [5, 5.41) is 5.41. The second-order valence-electron chi connectivity index (χ2n) is 4.86. The quantitative estimate of drug-likeness (QED) is 0.887. The maximum absolute atomic E-state index is 4.64. The van der Waals surface area contributed by atoms with E-state index in [4.69, 9.17) is 0 Å². The lowest BCUT2D eigenvalue weighted by molar-refractivity contribution is 0.701. The zero-order valence-corrected chi connectivity index (χ0v) is 13.4. The minimum Gasteiger partial charge on any atom is -0.336 e. The van der Waals surface area contributed by atoms with Gasteiger partial charge in [0.2, 0.25) is 5.95 Å². The van der Waals surface area contributed by atoms with Crippen molar-refractivity contribution in [3.63, 3.8) is 0 Å². The van der Waals surface area contributed by atoms with Crippen LogP contribution in [0.4, 0.5) is 5.95 Å². The van der Waals surface area contributed by atoms with Crippen LogP contribution < -0.4 is 10.2 Å². The standard InChI is InChI=1S/C15H22N4S/c1-5-16-9-13-10-17-15(18-11(13)2)19(4)12(3)14-7-6-8-20-14/h6-8,10,12,16H,5,9H2,1-4H3. The number of thiophene rings is 1.